The van der Waals surface area contributed by atoms with Crippen molar-refractivity contribution in [2.45, 2.75) is 13.8 Å². The van der Waals surface area contributed by atoms with Crippen LogP contribution in [-0.2, 0) is 14.8 Å². The van der Waals surface area contributed by atoms with Gasteiger partial charge < -0.3 is 14.8 Å². The molecule has 1 saturated heterocycles. The molecule has 0 atom stereocenters. The maximum absolute atomic E-state index is 12.8. The lowest BCUT2D eigenvalue weighted by molar-refractivity contribution is -0.123. The van der Waals surface area contributed by atoms with Gasteiger partial charge in [0.15, 0.2) is 0 Å². The van der Waals surface area contributed by atoms with Crippen molar-refractivity contribution in [3.63, 3.8) is 0 Å². The number of sulfonamides is 1. The van der Waals surface area contributed by atoms with Gasteiger partial charge >= 0.3 is 0 Å². The highest BCUT2D eigenvalue weighted by Crippen LogP contribution is 2.39. The number of amides is 2. The van der Waals surface area contributed by atoms with Crippen molar-refractivity contribution < 1.29 is 27.5 Å². The van der Waals surface area contributed by atoms with Crippen molar-refractivity contribution in [3.8, 4) is 11.5 Å². The zero-order valence-corrected chi connectivity index (χ0v) is 18.4. The quantitative estimate of drug-likeness (QED) is 0.746. The Morgan fingerprint density at radius 2 is 1.83 bits per heavy atom. The van der Waals surface area contributed by atoms with Crippen molar-refractivity contribution in [2.75, 3.05) is 29.6 Å². The van der Waals surface area contributed by atoms with E-state index in [4.69, 9.17) is 21.1 Å². The van der Waals surface area contributed by atoms with E-state index in [9.17, 15) is 18.0 Å². The first-order valence-electron chi connectivity index (χ1n) is 8.90. The van der Waals surface area contributed by atoms with E-state index >= 15 is 0 Å². The van der Waals surface area contributed by atoms with Crippen LogP contribution in [0.25, 0.3) is 0 Å². The molecule has 1 N–H and O–H groups in total. The summed E-state index contributed by atoms with van der Waals surface area (Å²) in [6, 6.07) is 8.98. The molecule has 1 aliphatic rings. The standard InChI is InChI=1S/C20H21ClN2O6S/c1-20(2)11-30(26,27)23(19(20)25)16-9-12(5-7-14(16)21)18(24)22-15-8-6-13(28-3)10-17(15)29-4/h5-10H,11H2,1-4H3,(H,22,24). The minimum atomic E-state index is -3.91. The second kappa shape index (κ2) is 7.81. The summed E-state index contributed by atoms with van der Waals surface area (Å²) in [4.78, 5) is 25.5. The highest BCUT2D eigenvalue weighted by molar-refractivity contribution is 7.94. The average molecular weight is 453 g/mol. The fourth-order valence-electron chi connectivity index (χ4n) is 3.15. The number of methoxy groups -OCH3 is 2. The van der Waals surface area contributed by atoms with Gasteiger partial charge in [0.05, 0.1) is 41.8 Å². The zero-order valence-electron chi connectivity index (χ0n) is 16.9. The van der Waals surface area contributed by atoms with Crippen molar-refractivity contribution in [2.24, 2.45) is 5.41 Å². The van der Waals surface area contributed by atoms with Crippen LogP contribution in [0.2, 0.25) is 5.02 Å². The fourth-order valence-corrected chi connectivity index (χ4v) is 5.52. The van der Waals surface area contributed by atoms with Crippen molar-refractivity contribution in [1.29, 1.82) is 0 Å². The van der Waals surface area contributed by atoms with Crippen molar-refractivity contribution >= 4 is 44.8 Å². The monoisotopic (exact) mass is 452 g/mol. The second-order valence-corrected chi connectivity index (χ2v) is 9.62. The molecule has 1 heterocycles. The van der Waals surface area contributed by atoms with E-state index in [2.05, 4.69) is 5.32 Å². The van der Waals surface area contributed by atoms with Crippen LogP contribution in [0.3, 0.4) is 0 Å². The van der Waals surface area contributed by atoms with E-state index in [-0.39, 0.29) is 22.0 Å². The molecule has 1 aliphatic heterocycles. The summed E-state index contributed by atoms with van der Waals surface area (Å²) >= 11 is 6.18. The van der Waals surface area contributed by atoms with Gasteiger partial charge in [0.25, 0.3) is 5.91 Å². The van der Waals surface area contributed by atoms with Crippen LogP contribution in [0.5, 0.6) is 11.5 Å². The molecule has 0 bridgehead atoms. The molecule has 10 heteroatoms. The molecule has 1 fully saturated rings. The molecule has 2 aromatic carbocycles. The van der Waals surface area contributed by atoms with E-state index in [0.717, 1.165) is 0 Å². The highest BCUT2D eigenvalue weighted by atomic mass is 35.5. The predicted molar refractivity (Wildman–Crippen MR) is 114 cm³/mol. The van der Waals surface area contributed by atoms with Gasteiger partial charge in [0.1, 0.15) is 11.5 Å². The molecule has 0 radical (unpaired) electrons. The Balaban J connectivity index is 1.96. The van der Waals surface area contributed by atoms with Crippen LogP contribution in [0.15, 0.2) is 36.4 Å². The zero-order chi connectivity index (χ0) is 22.3. The van der Waals surface area contributed by atoms with E-state index < -0.39 is 27.3 Å². The van der Waals surface area contributed by atoms with E-state index in [1.807, 2.05) is 0 Å². The van der Waals surface area contributed by atoms with Gasteiger partial charge in [-0.15, -0.1) is 0 Å². The number of nitrogens with zero attached hydrogens (tertiary/aromatic N) is 1. The lowest BCUT2D eigenvalue weighted by Gasteiger charge is -2.19. The Kier molecular flexibility index (Phi) is 5.70. The topological polar surface area (TPSA) is 102 Å². The van der Waals surface area contributed by atoms with Gasteiger partial charge in [-0.2, -0.15) is 0 Å². The highest BCUT2D eigenvalue weighted by Gasteiger charge is 2.50. The van der Waals surface area contributed by atoms with Crippen molar-refractivity contribution in [3.05, 3.63) is 47.0 Å². The Morgan fingerprint density at radius 3 is 2.40 bits per heavy atom. The molecule has 0 aromatic heterocycles. The smallest absolute Gasteiger partial charge is 0.255 e. The summed E-state index contributed by atoms with van der Waals surface area (Å²) in [5, 5.41) is 2.74. The third-order valence-corrected chi connectivity index (χ3v) is 6.99. The number of halogens is 1. The molecule has 2 amide bonds. The third-order valence-electron chi connectivity index (χ3n) is 4.67. The molecule has 3 rings (SSSR count). The minimum Gasteiger partial charge on any atom is -0.497 e. The minimum absolute atomic E-state index is 0.0446. The van der Waals surface area contributed by atoms with E-state index in [1.165, 1.54) is 32.4 Å². The van der Waals surface area contributed by atoms with E-state index in [0.29, 0.717) is 21.5 Å². The van der Waals surface area contributed by atoms with Crippen LogP contribution in [0, 0.1) is 5.41 Å². The van der Waals surface area contributed by atoms with Crippen LogP contribution in [-0.4, -0.2) is 40.2 Å². The number of carbonyl (C=O) groups is 2. The molecule has 0 unspecified atom stereocenters. The lowest BCUT2D eigenvalue weighted by atomic mass is 9.95. The average Bonchev–Trinajstić information content (AvgIpc) is 2.85. The summed E-state index contributed by atoms with van der Waals surface area (Å²) in [5.74, 6) is -0.525. The maximum atomic E-state index is 12.8. The SMILES string of the molecule is COc1ccc(NC(=O)c2ccc(Cl)c(N3C(=O)C(C)(C)CS3(=O)=O)c2)c(OC)c1. The van der Waals surface area contributed by atoms with Crippen LogP contribution in [0.1, 0.15) is 24.2 Å². The van der Waals surface area contributed by atoms with Crippen LogP contribution < -0.4 is 19.1 Å². The molecular weight excluding hydrogens is 432 g/mol. The number of hydrogen-bond acceptors (Lipinski definition) is 6. The number of rotatable bonds is 5. The lowest BCUT2D eigenvalue weighted by Crippen LogP contribution is -2.33. The summed E-state index contributed by atoms with van der Waals surface area (Å²) < 4.78 is 36.2. The van der Waals surface area contributed by atoms with Gasteiger partial charge in [-0.1, -0.05) is 11.6 Å². The van der Waals surface area contributed by atoms with Gasteiger partial charge in [-0.3, -0.25) is 9.59 Å². The van der Waals surface area contributed by atoms with Gasteiger partial charge in [-0.25, -0.2) is 12.7 Å². The summed E-state index contributed by atoms with van der Waals surface area (Å²) in [5.41, 5.74) is -0.621. The predicted octanol–water partition coefficient (Wildman–Crippen LogP) is 3.31. The number of hydrogen-bond donors (Lipinski definition) is 1. The fraction of sp³-hybridized carbons (Fsp3) is 0.300. The van der Waals surface area contributed by atoms with Crippen LogP contribution in [0.4, 0.5) is 11.4 Å². The molecule has 0 aliphatic carbocycles. The molecule has 30 heavy (non-hydrogen) atoms. The number of ether oxygens (including phenoxy) is 2. The Morgan fingerprint density at radius 1 is 1.13 bits per heavy atom. The number of benzene rings is 2. The second-order valence-electron chi connectivity index (χ2n) is 7.40. The normalized spacial score (nSPS) is 17.0. The van der Waals surface area contributed by atoms with Crippen LogP contribution >= 0.6 is 11.6 Å². The van der Waals surface area contributed by atoms with Gasteiger partial charge in [-0.05, 0) is 44.2 Å². The number of nitrogens with one attached hydrogen (secondary N) is 1. The first-order valence-corrected chi connectivity index (χ1v) is 10.9. The summed E-state index contributed by atoms with van der Waals surface area (Å²) in [7, 11) is -0.939. The molecule has 2 aromatic rings. The molecular formula is C20H21ClN2O6S. The first kappa shape index (κ1) is 21.9. The first-order chi connectivity index (χ1) is 14.0. The molecule has 160 valence electrons. The Labute approximate surface area is 179 Å². The summed E-state index contributed by atoms with van der Waals surface area (Å²) in [6.07, 6.45) is 0. The maximum Gasteiger partial charge on any atom is 0.255 e. The van der Waals surface area contributed by atoms with Crippen molar-refractivity contribution in [1.82, 2.24) is 0 Å². The Bertz CT molecular complexity index is 1130. The van der Waals surface area contributed by atoms with Gasteiger partial charge in [0, 0.05) is 11.6 Å². The third kappa shape index (κ3) is 3.95. The largest absolute Gasteiger partial charge is 0.497 e. The number of carbonyl (C=O) groups excluding carboxylic acids is 2. The van der Waals surface area contributed by atoms with Gasteiger partial charge in [0.2, 0.25) is 15.9 Å². The molecule has 0 saturated carbocycles. The molecule has 0 spiro atoms. The molecule has 8 nitrogen and oxygen atoms in total. The Hall–Kier alpha value is -2.78. The summed E-state index contributed by atoms with van der Waals surface area (Å²) in [6.45, 7) is 3.10. The van der Waals surface area contributed by atoms with E-state index in [1.54, 1.807) is 32.0 Å². The number of anilines is 2.